The van der Waals surface area contributed by atoms with E-state index in [1.54, 1.807) is 37.2 Å². The fourth-order valence-corrected chi connectivity index (χ4v) is 7.53. The molecule has 0 heterocycles. The Labute approximate surface area is 209 Å². The first-order valence-corrected chi connectivity index (χ1v) is 12.9. The summed E-state index contributed by atoms with van der Waals surface area (Å²) in [5, 5.41) is 23.2. The highest BCUT2D eigenvalue weighted by Gasteiger charge is 2.68. The minimum absolute atomic E-state index is 0.0590. The van der Waals surface area contributed by atoms with Gasteiger partial charge >= 0.3 is 0 Å². The maximum absolute atomic E-state index is 14.1. The van der Waals surface area contributed by atoms with Crippen LogP contribution in [0.5, 0.6) is 0 Å². The molecule has 0 aromatic heterocycles. The summed E-state index contributed by atoms with van der Waals surface area (Å²) in [6, 6.07) is 7.35. The summed E-state index contributed by atoms with van der Waals surface area (Å²) in [6.45, 7) is 12.3. The number of hydrogen-bond donors (Lipinski definition) is 2. The summed E-state index contributed by atoms with van der Waals surface area (Å²) in [5.74, 6) is -0.228. The number of carbonyl (C=O) groups is 2. The van der Waals surface area contributed by atoms with Gasteiger partial charge in [0.2, 0.25) is 0 Å². The quantitative estimate of drug-likeness (QED) is 0.485. The Hall–Kier alpha value is -2.24. The number of nitrogens with zero attached hydrogens (tertiary/aromatic N) is 1. The minimum Gasteiger partial charge on any atom is -0.392 e. The Bertz CT molecular complexity index is 1060. The van der Waals surface area contributed by atoms with Gasteiger partial charge < -0.3 is 15.1 Å². The molecule has 8 atom stereocenters. The number of amides is 1. The number of ketones is 1. The zero-order chi connectivity index (χ0) is 25.9. The standard InChI is InChI=1S/C30H41NO4/c1-8-28(4)17-23(32)29(5)18(2)13-14-30(19(3)26(28)34)16-22(24(33)25(29)30)15-20-9-11-21(12-10-20)27(35)31(6)7/h8-12,15,18-19,23,25-26,32,34H,1,13-14,16-17H2,2-7H3/b22-15+/t18-,19+,23-,25+,26+,28-,29+,30+/m1/s1. The van der Waals surface area contributed by atoms with Crippen LogP contribution in [0.1, 0.15) is 69.3 Å². The van der Waals surface area contributed by atoms with Crippen LogP contribution in [0.15, 0.2) is 42.5 Å². The van der Waals surface area contributed by atoms with Gasteiger partial charge in [-0.25, -0.2) is 0 Å². The minimum atomic E-state index is -0.716. The molecule has 190 valence electrons. The van der Waals surface area contributed by atoms with Crippen molar-refractivity contribution < 1.29 is 19.8 Å². The van der Waals surface area contributed by atoms with Crippen LogP contribution in [-0.4, -0.2) is 53.1 Å². The van der Waals surface area contributed by atoms with Crippen LogP contribution in [0.3, 0.4) is 0 Å². The highest BCUT2D eigenvalue weighted by atomic mass is 16.3. The number of hydrogen-bond acceptors (Lipinski definition) is 4. The molecule has 3 aliphatic carbocycles. The first kappa shape index (κ1) is 25.8. The van der Waals surface area contributed by atoms with E-state index in [1.807, 2.05) is 25.1 Å². The summed E-state index contributed by atoms with van der Waals surface area (Å²) in [5.41, 5.74) is 0.638. The summed E-state index contributed by atoms with van der Waals surface area (Å²) in [6.07, 6.45) is 5.10. The molecule has 1 amide bonds. The predicted octanol–water partition coefficient (Wildman–Crippen LogP) is 4.74. The predicted molar refractivity (Wildman–Crippen MR) is 139 cm³/mol. The molecule has 5 nitrogen and oxygen atoms in total. The Morgan fingerprint density at radius 2 is 1.77 bits per heavy atom. The number of benzene rings is 1. The molecule has 0 aliphatic heterocycles. The number of Topliss-reactive ketones (excluding diaryl/α,β-unsaturated/α-hetero) is 1. The average molecular weight is 480 g/mol. The van der Waals surface area contributed by atoms with Crippen molar-refractivity contribution in [3.63, 3.8) is 0 Å². The van der Waals surface area contributed by atoms with E-state index < -0.39 is 28.5 Å². The SMILES string of the molecule is C=C[C@]1(C)C[C@@H](O)[C@]2(C)[C@H](C)CC[C@]3(C/C(=C\c4ccc(C(=O)N(C)C)cc4)C(=O)[C@H]32)[C@@H](C)[C@@H]1O. The molecule has 4 rings (SSSR count). The van der Waals surface area contributed by atoms with E-state index in [-0.39, 0.29) is 29.4 Å². The zero-order valence-corrected chi connectivity index (χ0v) is 22.0. The third-order valence-electron chi connectivity index (χ3n) is 10.2. The number of rotatable bonds is 3. The topological polar surface area (TPSA) is 77.8 Å². The monoisotopic (exact) mass is 479 g/mol. The fourth-order valence-electron chi connectivity index (χ4n) is 7.53. The molecule has 3 fully saturated rings. The van der Waals surface area contributed by atoms with Crippen LogP contribution >= 0.6 is 0 Å². The van der Waals surface area contributed by atoms with Crippen molar-refractivity contribution in [2.75, 3.05) is 14.1 Å². The lowest BCUT2D eigenvalue weighted by Crippen LogP contribution is -2.62. The molecule has 0 radical (unpaired) electrons. The number of aliphatic hydroxyl groups excluding tert-OH is 2. The molecule has 1 aromatic rings. The van der Waals surface area contributed by atoms with Gasteiger partial charge in [0.1, 0.15) is 0 Å². The van der Waals surface area contributed by atoms with E-state index in [9.17, 15) is 19.8 Å². The number of carbonyl (C=O) groups excluding carboxylic acids is 2. The van der Waals surface area contributed by atoms with Gasteiger partial charge in [0, 0.05) is 36.4 Å². The number of allylic oxidation sites excluding steroid dienone is 1. The van der Waals surface area contributed by atoms with E-state index in [4.69, 9.17) is 0 Å². The largest absolute Gasteiger partial charge is 0.392 e. The van der Waals surface area contributed by atoms with E-state index >= 15 is 0 Å². The van der Waals surface area contributed by atoms with E-state index in [2.05, 4.69) is 27.4 Å². The van der Waals surface area contributed by atoms with Gasteiger partial charge in [0.15, 0.2) is 5.78 Å². The highest BCUT2D eigenvalue weighted by Crippen LogP contribution is 2.68. The Morgan fingerprint density at radius 1 is 1.14 bits per heavy atom. The second-order valence-corrected chi connectivity index (χ2v) is 12.2. The molecular weight excluding hydrogens is 438 g/mol. The first-order valence-electron chi connectivity index (χ1n) is 12.9. The summed E-state index contributed by atoms with van der Waals surface area (Å²) in [7, 11) is 3.45. The van der Waals surface area contributed by atoms with Crippen molar-refractivity contribution in [2.45, 2.75) is 65.6 Å². The van der Waals surface area contributed by atoms with Crippen LogP contribution in [0.4, 0.5) is 0 Å². The molecule has 0 unspecified atom stereocenters. The molecule has 3 saturated carbocycles. The maximum Gasteiger partial charge on any atom is 0.253 e. The molecule has 3 aliphatic rings. The zero-order valence-electron chi connectivity index (χ0n) is 22.0. The lowest BCUT2D eigenvalue weighted by atomic mass is 9.44. The van der Waals surface area contributed by atoms with Gasteiger partial charge in [-0.2, -0.15) is 0 Å². The van der Waals surface area contributed by atoms with E-state index in [0.717, 1.165) is 24.0 Å². The van der Waals surface area contributed by atoms with Gasteiger partial charge in [-0.15, -0.1) is 6.58 Å². The van der Waals surface area contributed by atoms with Crippen molar-refractivity contribution in [2.24, 2.45) is 34.0 Å². The molecule has 2 bridgehead atoms. The van der Waals surface area contributed by atoms with Crippen LogP contribution in [0, 0.1) is 34.0 Å². The normalized spacial score (nSPS) is 42.2. The van der Waals surface area contributed by atoms with Gasteiger partial charge in [0.25, 0.3) is 5.91 Å². The van der Waals surface area contributed by atoms with Gasteiger partial charge in [-0.1, -0.05) is 45.9 Å². The van der Waals surface area contributed by atoms with Crippen LogP contribution in [-0.2, 0) is 4.79 Å². The summed E-state index contributed by atoms with van der Waals surface area (Å²) >= 11 is 0. The van der Waals surface area contributed by atoms with Crippen molar-refractivity contribution >= 4 is 17.8 Å². The Balaban J connectivity index is 1.80. The second kappa shape index (κ2) is 8.70. The molecule has 5 heteroatoms. The van der Waals surface area contributed by atoms with Crippen molar-refractivity contribution in [1.82, 2.24) is 4.90 Å². The van der Waals surface area contributed by atoms with Gasteiger partial charge in [-0.3, -0.25) is 9.59 Å². The van der Waals surface area contributed by atoms with Crippen LogP contribution in [0.25, 0.3) is 6.08 Å². The summed E-state index contributed by atoms with van der Waals surface area (Å²) in [4.78, 5) is 27.9. The van der Waals surface area contributed by atoms with Crippen LogP contribution in [0.2, 0.25) is 0 Å². The maximum atomic E-state index is 14.1. The summed E-state index contributed by atoms with van der Waals surface area (Å²) < 4.78 is 0. The van der Waals surface area contributed by atoms with Crippen LogP contribution < -0.4 is 0 Å². The Kier molecular flexibility index (Phi) is 6.43. The molecule has 0 saturated heterocycles. The van der Waals surface area contributed by atoms with Crippen molar-refractivity contribution in [3.05, 3.63) is 53.6 Å². The highest BCUT2D eigenvalue weighted by molar-refractivity contribution is 6.05. The Morgan fingerprint density at radius 3 is 2.34 bits per heavy atom. The molecule has 0 spiro atoms. The first-order chi connectivity index (χ1) is 16.3. The lowest BCUT2D eigenvalue weighted by Gasteiger charge is -2.61. The van der Waals surface area contributed by atoms with E-state index in [0.29, 0.717) is 18.4 Å². The third-order valence-corrected chi connectivity index (χ3v) is 10.2. The molecular formula is C30H41NO4. The van der Waals surface area contributed by atoms with Gasteiger partial charge in [0.05, 0.1) is 12.2 Å². The lowest BCUT2D eigenvalue weighted by molar-refractivity contribution is -0.191. The average Bonchev–Trinajstić information content (AvgIpc) is 3.12. The van der Waals surface area contributed by atoms with E-state index in [1.165, 1.54) is 0 Å². The number of aliphatic hydroxyl groups is 2. The van der Waals surface area contributed by atoms with Crippen molar-refractivity contribution in [3.8, 4) is 0 Å². The molecule has 2 N–H and O–H groups in total. The molecule has 35 heavy (non-hydrogen) atoms. The molecule has 1 aromatic carbocycles. The third kappa shape index (κ3) is 3.74. The smallest absolute Gasteiger partial charge is 0.253 e. The van der Waals surface area contributed by atoms with Crippen molar-refractivity contribution in [1.29, 1.82) is 0 Å². The van der Waals surface area contributed by atoms with Gasteiger partial charge in [-0.05, 0) is 72.3 Å². The fraction of sp³-hybridized carbons (Fsp3) is 0.600. The second-order valence-electron chi connectivity index (χ2n) is 12.2.